The van der Waals surface area contributed by atoms with Crippen molar-refractivity contribution in [2.75, 3.05) is 7.11 Å². The van der Waals surface area contributed by atoms with Crippen LogP contribution < -0.4 is 9.44 Å². The van der Waals surface area contributed by atoms with Crippen LogP contribution in [0, 0.1) is 6.07 Å². The number of methoxy groups -OCH3 is 1. The second-order valence-electron chi connectivity index (χ2n) is 1.43. The summed E-state index contributed by atoms with van der Waals surface area (Å²) in [7, 11) is 1.63. The van der Waals surface area contributed by atoms with Crippen LogP contribution in [0.4, 0.5) is 0 Å². The van der Waals surface area contributed by atoms with Gasteiger partial charge in [0.1, 0.15) is 0 Å². The van der Waals surface area contributed by atoms with Gasteiger partial charge in [-0.25, -0.2) is 0 Å². The molecule has 0 unspecified atom stereocenters. The minimum absolute atomic E-state index is 0. The van der Waals surface area contributed by atoms with Crippen molar-refractivity contribution in [1.82, 2.24) is 0 Å². The molecule has 0 aromatic heterocycles. The molecule has 1 nitrogen and oxygen atoms in total. The summed E-state index contributed by atoms with van der Waals surface area (Å²) in [6, 6.07) is 10.4. The van der Waals surface area contributed by atoms with Gasteiger partial charge < -0.3 is 9.44 Å². The Labute approximate surface area is 75.9 Å². The second-order valence-corrected chi connectivity index (χ2v) is 1.43. The van der Waals surface area contributed by atoms with Crippen molar-refractivity contribution in [3.63, 3.8) is 0 Å². The van der Waals surface area contributed by atoms with Crippen molar-refractivity contribution in [2.24, 2.45) is 0 Å². The summed E-state index contributed by atoms with van der Waals surface area (Å²) < 4.78 is 4.86. The number of benzene rings is 1. The summed E-state index contributed by atoms with van der Waals surface area (Å²) in [5.41, 5.74) is 0. The fourth-order valence-electron chi connectivity index (χ4n) is 0.504. The Morgan fingerprint density at radius 3 is 2.40 bits per heavy atom. The number of halogens is 1. The zero-order valence-electron chi connectivity index (χ0n) is 5.80. The monoisotopic (exact) mass is 150 g/mol. The quantitative estimate of drug-likeness (QED) is 0.336. The zero-order valence-corrected chi connectivity index (χ0v) is 7.22. The smallest absolute Gasteiger partial charge is 1.00 e. The summed E-state index contributed by atoms with van der Waals surface area (Å²) in [6.45, 7) is 0. The molecule has 0 aliphatic carbocycles. The number of para-hydroxylation sites is 1. The van der Waals surface area contributed by atoms with E-state index in [1.807, 2.05) is 24.3 Å². The van der Waals surface area contributed by atoms with Gasteiger partial charge in [-0.2, -0.15) is 18.2 Å². The molecule has 0 saturated carbocycles. The van der Waals surface area contributed by atoms with Gasteiger partial charge in [-0.3, -0.25) is 0 Å². The van der Waals surface area contributed by atoms with E-state index >= 15 is 0 Å². The first kappa shape index (κ1) is 12.4. The van der Waals surface area contributed by atoms with E-state index in [-0.39, 0.29) is 27.8 Å². The number of hydrogen-bond acceptors (Lipinski definition) is 1. The first-order chi connectivity index (χ1) is 3.93. The summed E-state index contributed by atoms with van der Waals surface area (Å²) in [5.74, 6) is 0.785. The molecule has 0 bridgehead atoms. The molecule has 0 radical (unpaired) electrons. The minimum atomic E-state index is 0. The summed E-state index contributed by atoms with van der Waals surface area (Å²) in [5, 5.41) is 0. The fraction of sp³-hybridized carbons (Fsp3) is 0.143. The van der Waals surface area contributed by atoms with E-state index in [1.165, 1.54) is 0 Å². The molecule has 0 fully saturated rings. The van der Waals surface area contributed by atoms with Crippen LogP contribution in [0.3, 0.4) is 0 Å². The molecular weight excluding hydrogens is 143 g/mol. The molecule has 0 aliphatic heterocycles. The Kier molecular flexibility index (Phi) is 8.47. The zero-order chi connectivity index (χ0) is 5.82. The van der Waals surface area contributed by atoms with E-state index in [1.54, 1.807) is 7.11 Å². The second kappa shape index (κ2) is 6.83. The van der Waals surface area contributed by atoms with E-state index in [4.69, 9.17) is 4.74 Å². The molecule has 0 aliphatic rings. The first-order valence-electron chi connectivity index (χ1n) is 2.44. The molecule has 0 atom stereocenters. The molecule has 0 saturated heterocycles. The van der Waals surface area contributed by atoms with Gasteiger partial charge in [0.25, 0.3) is 0 Å². The molecular formula is C7H7FMgO. The average molecular weight is 150 g/mol. The maximum atomic E-state index is 4.86. The molecule has 50 valence electrons. The van der Waals surface area contributed by atoms with Crippen molar-refractivity contribution < 1.29 is 9.44 Å². The van der Waals surface area contributed by atoms with Gasteiger partial charge in [0.05, 0.1) is 7.11 Å². The van der Waals surface area contributed by atoms with Crippen molar-refractivity contribution in [2.45, 2.75) is 0 Å². The van der Waals surface area contributed by atoms with Crippen molar-refractivity contribution in [1.29, 1.82) is 0 Å². The van der Waals surface area contributed by atoms with Gasteiger partial charge in [0.2, 0.25) is 0 Å². The Morgan fingerprint density at radius 2 is 2.10 bits per heavy atom. The predicted octanol–water partition coefficient (Wildman–Crippen LogP) is -1.88. The van der Waals surface area contributed by atoms with E-state index in [0.717, 1.165) is 5.75 Å². The minimum Gasteiger partial charge on any atom is -1.00 e. The van der Waals surface area contributed by atoms with Gasteiger partial charge in [-0.1, -0.05) is 0 Å². The van der Waals surface area contributed by atoms with Crippen LogP contribution in [0.5, 0.6) is 5.75 Å². The van der Waals surface area contributed by atoms with Gasteiger partial charge in [-0.05, 0) is 0 Å². The molecule has 0 spiro atoms. The molecule has 1 aromatic carbocycles. The van der Waals surface area contributed by atoms with Gasteiger partial charge in [-0.15, -0.1) is 12.1 Å². The Bertz CT molecular complexity index is 155. The molecule has 0 N–H and O–H groups in total. The largest absolute Gasteiger partial charge is 2.00 e. The van der Waals surface area contributed by atoms with Crippen LogP contribution in [0.25, 0.3) is 0 Å². The third-order valence-electron chi connectivity index (χ3n) is 0.900. The summed E-state index contributed by atoms with van der Waals surface area (Å²) in [4.78, 5) is 0. The normalized spacial score (nSPS) is 6.90. The standard InChI is InChI=1S/C7H7O.FH.Mg/c1-8-7-5-3-2-4-6-7;;/h2-5H,1H3;1H;/q-1;;+2/p-1. The van der Waals surface area contributed by atoms with Crippen molar-refractivity contribution >= 4 is 23.1 Å². The van der Waals surface area contributed by atoms with Crippen LogP contribution in [-0.2, 0) is 0 Å². The van der Waals surface area contributed by atoms with Crippen LogP contribution >= 0.6 is 0 Å². The summed E-state index contributed by atoms with van der Waals surface area (Å²) >= 11 is 0. The summed E-state index contributed by atoms with van der Waals surface area (Å²) in [6.07, 6.45) is 0. The first-order valence-corrected chi connectivity index (χ1v) is 2.44. The molecule has 10 heavy (non-hydrogen) atoms. The molecule has 3 heteroatoms. The van der Waals surface area contributed by atoms with Crippen molar-refractivity contribution in [3.05, 3.63) is 30.3 Å². The fourth-order valence-corrected chi connectivity index (χ4v) is 0.504. The number of rotatable bonds is 1. The van der Waals surface area contributed by atoms with Crippen LogP contribution in [-0.4, -0.2) is 30.2 Å². The van der Waals surface area contributed by atoms with E-state index < -0.39 is 0 Å². The topological polar surface area (TPSA) is 9.23 Å². The van der Waals surface area contributed by atoms with E-state index in [0.29, 0.717) is 0 Å². The third kappa shape index (κ3) is 3.69. The molecule has 1 rings (SSSR count). The van der Waals surface area contributed by atoms with Gasteiger partial charge in [0, 0.05) is 5.75 Å². The number of hydrogen-bond donors (Lipinski definition) is 0. The van der Waals surface area contributed by atoms with Gasteiger partial charge >= 0.3 is 23.1 Å². The maximum Gasteiger partial charge on any atom is 2.00 e. The molecule has 0 heterocycles. The van der Waals surface area contributed by atoms with Crippen LogP contribution in [0.2, 0.25) is 0 Å². The SMILES string of the molecule is COc1[c-]cccc1.[F-].[Mg+2]. The maximum absolute atomic E-state index is 4.86. The Balaban J connectivity index is 0. The van der Waals surface area contributed by atoms with Gasteiger partial charge in [0.15, 0.2) is 0 Å². The third-order valence-corrected chi connectivity index (χ3v) is 0.900. The van der Waals surface area contributed by atoms with E-state index in [2.05, 4.69) is 6.07 Å². The Morgan fingerprint density at radius 1 is 1.40 bits per heavy atom. The Hall–Kier alpha value is -0.284. The molecule has 1 aromatic rings. The average Bonchev–Trinajstić information content (AvgIpc) is 1.90. The van der Waals surface area contributed by atoms with Crippen molar-refractivity contribution in [3.8, 4) is 5.75 Å². The predicted molar refractivity (Wildman–Crippen MR) is 37.6 cm³/mol. The van der Waals surface area contributed by atoms with E-state index in [9.17, 15) is 0 Å². The molecule has 0 amide bonds. The van der Waals surface area contributed by atoms with Crippen LogP contribution in [0.1, 0.15) is 0 Å². The van der Waals surface area contributed by atoms with Crippen LogP contribution in [0.15, 0.2) is 24.3 Å². The number of ether oxygens (including phenoxy) is 1.